The highest BCUT2D eigenvalue weighted by molar-refractivity contribution is 5.62. The summed E-state index contributed by atoms with van der Waals surface area (Å²) in [7, 11) is 0. The number of nitrogens with one attached hydrogen (secondary N) is 1. The molecule has 2 aromatic carbocycles. The molecule has 0 spiro atoms. The monoisotopic (exact) mass is 363 g/mol. The van der Waals surface area contributed by atoms with E-state index in [1.165, 1.54) is 17.7 Å². The van der Waals surface area contributed by atoms with E-state index in [0.717, 1.165) is 49.2 Å². The lowest BCUT2D eigenvalue weighted by molar-refractivity contribution is 0.624. The smallest absolute Gasteiger partial charge is 0.135 e. The number of anilines is 4. The maximum Gasteiger partial charge on any atom is 0.135 e. The van der Waals surface area contributed by atoms with E-state index < -0.39 is 0 Å². The summed E-state index contributed by atoms with van der Waals surface area (Å²) in [6.07, 6.45) is 1.60. The molecule has 4 rings (SSSR count). The van der Waals surface area contributed by atoms with E-state index in [4.69, 9.17) is 0 Å². The number of aromatic nitrogens is 2. The maximum absolute atomic E-state index is 13.1. The van der Waals surface area contributed by atoms with Gasteiger partial charge in [0.1, 0.15) is 23.8 Å². The van der Waals surface area contributed by atoms with E-state index in [2.05, 4.69) is 38.1 Å². The van der Waals surface area contributed by atoms with Crippen LogP contribution in [0, 0.1) is 12.7 Å². The molecule has 1 aromatic heterocycles. The van der Waals surface area contributed by atoms with Crippen LogP contribution in [0.4, 0.5) is 27.4 Å². The lowest BCUT2D eigenvalue weighted by atomic mass is 10.2. The van der Waals surface area contributed by atoms with Gasteiger partial charge in [-0.2, -0.15) is 0 Å². The van der Waals surface area contributed by atoms with Crippen LogP contribution in [0.3, 0.4) is 0 Å². The molecule has 1 aliphatic rings. The molecule has 2 heterocycles. The first kappa shape index (κ1) is 17.3. The van der Waals surface area contributed by atoms with E-state index in [1.54, 1.807) is 6.33 Å². The van der Waals surface area contributed by atoms with E-state index in [-0.39, 0.29) is 5.82 Å². The summed E-state index contributed by atoms with van der Waals surface area (Å²) in [5, 5.41) is 3.37. The minimum Gasteiger partial charge on any atom is -0.368 e. The van der Waals surface area contributed by atoms with E-state index in [9.17, 15) is 4.39 Å². The number of nitrogens with zero attached hydrogens (tertiary/aromatic N) is 4. The first-order valence-electron chi connectivity index (χ1n) is 9.09. The molecule has 1 saturated heterocycles. The normalized spacial score (nSPS) is 14.3. The molecule has 5 nitrogen and oxygen atoms in total. The van der Waals surface area contributed by atoms with Gasteiger partial charge in [-0.15, -0.1) is 0 Å². The number of aryl methyl sites for hydroxylation is 1. The molecule has 0 bridgehead atoms. The number of piperazine rings is 1. The summed E-state index contributed by atoms with van der Waals surface area (Å²) in [6, 6.07) is 16.8. The van der Waals surface area contributed by atoms with Crippen molar-refractivity contribution in [3.63, 3.8) is 0 Å². The third kappa shape index (κ3) is 4.00. The van der Waals surface area contributed by atoms with Crippen molar-refractivity contribution in [1.29, 1.82) is 0 Å². The van der Waals surface area contributed by atoms with Crippen molar-refractivity contribution < 1.29 is 4.39 Å². The van der Waals surface area contributed by atoms with E-state index in [1.807, 2.05) is 36.4 Å². The first-order valence-corrected chi connectivity index (χ1v) is 9.09. The predicted molar refractivity (Wildman–Crippen MR) is 107 cm³/mol. The fraction of sp³-hybridized carbons (Fsp3) is 0.238. The summed E-state index contributed by atoms with van der Waals surface area (Å²) < 4.78 is 13.1. The Kier molecular flexibility index (Phi) is 4.87. The van der Waals surface area contributed by atoms with E-state index in [0.29, 0.717) is 0 Å². The Hall–Kier alpha value is -3.15. The van der Waals surface area contributed by atoms with Gasteiger partial charge < -0.3 is 15.1 Å². The largest absolute Gasteiger partial charge is 0.368 e. The molecule has 3 aromatic rings. The van der Waals surface area contributed by atoms with Crippen molar-refractivity contribution in [2.24, 2.45) is 0 Å². The van der Waals surface area contributed by atoms with Crippen molar-refractivity contribution in [1.82, 2.24) is 9.97 Å². The lowest BCUT2D eigenvalue weighted by Crippen LogP contribution is -2.46. The van der Waals surface area contributed by atoms with Crippen LogP contribution in [0.2, 0.25) is 0 Å². The van der Waals surface area contributed by atoms with Gasteiger partial charge in [0.15, 0.2) is 0 Å². The topological polar surface area (TPSA) is 44.3 Å². The maximum atomic E-state index is 13.1. The minimum atomic E-state index is -0.202. The molecule has 1 fully saturated rings. The number of para-hydroxylation sites is 1. The van der Waals surface area contributed by atoms with Crippen LogP contribution in [-0.4, -0.2) is 36.1 Å². The Labute approximate surface area is 158 Å². The van der Waals surface area contributed by atoms with Gasteiger partial charge >= 0.3 is 0 Å². The number of hydrogen-bond acceptors (Lipinski definition) is 5. The van der Waals surface area contributed by atoms with Crippen LogP contribution in [0.15, 0.2) is 60.9 Å². The highest BCUT2D eigenvalue weighted by Gasteiger charge is 2.19. The van der Waals surface area contributed by atoms with Gasteiger partial charge in [-0.3, -0.25) is 0 Å². The quantitative estimate of drug-likeness (QED) is 0.759. The van der Waals surface area contributed by atoms with Crippen LogP contribution >= 0.6 is 0 Å². The van der Waals surface area contributed by atoms with Crippen LogP contribution in [0.5, 0.6) is 0 Å². The molecule has 1 N–H and O–H groups in total. The van der Waals surface area contributed by atoms with Gasteiger partial charge in [0.05, 0.1) is 0 Å². The number of hydrogen-bond donors (Lipinski definition) is 1. The Bertz CT molecular complexity index is 904. The number of halogens is 1. The van der Waals surface area contributed by atoms with Crippen molar-refractivity contribution in [3.05, 3.63) is 72.3 Å². The summed E-state index contributed by atoms with van der Waals surface area (Å²) in [4.78, 5) is 13.3. The standard InChI is InChI=1S/C21H22FN5/c1-16-4-2-3-5-19(16)25-20-14-21(24-15-23-20)27-12-10-26(11-13-27)18-8-6-17(22)7-9-18/h2-9,14-15H,10-13H2,1H3,(H,23,24,25). The Morgan fingerprint density at radius 2 is 1.59 bits per heavy atom. The van der Waals surface area contributed by atoms with Gasteiger partial charge in [-0.1, -0.05) is 18.2 Å². The fourth-order valence-electron chi connectivity index (χ4n) is 3.29. The molecule has 0 radical (unpaired) electrons. The average Bonchev–Trinajstić information content (AvgIpc) is 2.71. The van der Waals surface area contributed by atoms with Crippen LogP contribution in [-0.2, 0) is 0 Å². The lowest BCUT2D eigenvalue weighted by Gasteiger charge is -2.36. The number of rotatable bonds is 4. The van der Waals surface area contributed by atoms with Gasteiger partial charge in [0.2, 0.25) is 0 Å². The van der Waals surface area contributed by atoms with Crippen molar-refractivity contribution in [2.45, 2.75) is 6.92 Å². The Morgan fingerprint density at radius 1 is 0.889 bits per heavy atom. The summed E-state index contributed by atoms with van der Waals surface area (Å²) in [5.74, 6) is 1.50. The van der Waals surface area contributed by atoms with E-state index >= 15 is 0 Å². The molecule has 0 saturated carbocycles. The van der Waals surface area contributed by atoms with Gasteiger partial charge in [-0.25, -0.2) is 14.4 Å². The highest BCUT2D eigenvalue weighted by Crippen LogP contribution is 2.23. The third-order valence-electron chi connectivity index (χ3n) is 4.86. The molecular formula is C21H22FN5. The predicted octanol–water partition coefficient (Wildman–Crippen LogP) is 3.99. The van der Waals surface area contributed by atoms with Crippen molar-refractivity contribution in [3.8, 4) is 0 Å². The van der Waals surface area contributed by atoms with Crippen LogP contribution < -0.4 is 15.1 Å². The Morgan fingerprint density at radius 3 is 2.33 bits per heavy atom. The van der Waals surface area contributed by atoms with Crippen LogP contribution in [0.1, 0.15) is 5.56 Å². The summed E-state index contributed by atoms with van der Waals surface area (Å²) in [6.45, 7) is 5.53. The van der Waals surface area contributed by atoms with Crippen molar-refractivity contribution >= 4 is 23.0 Å². The SMILES string of the molecule is Cc1ccccc1Nc1cc(N2CCN(c3ccc(F)cc3)CC2)ncn1. The molecule has 0 amide bonds. The summed E-state index contributed by atoms with van der Waals surface area (Å²) in [5.41, 5.74) is 3.27. The zero-order valence-corrected chi connectivity index (χ0v) is 15.3. The zero-order chi connectivity index (χ0) is 18.6. The highest BCUT2D eigenvalue weighted by atomic mass is 19.1. The van der Waals surface area contributed by atoms with Gasteiger partial charge in [-0.05, 0) is 42.8 Å². The third-order valence-corrected chi connectivity index (χ3v) is 4.86. The molecule has 0 unspecified atom stereocenters. The molecule has 0 atom stereocenters. The number of benzene rings is 2. The zero-order valence-electron chi connectivity index (χ0n) is 15.3. The average molecular weight is 363 g/mol. The van der Waals surface area contributed by atoms with Gasteiger partial charge in [0.25, 0.3) is 0 Å². The molecule has 27 heavy (non-hydrogen) atoms. The fourth-order valence-corrected chi connectivity index (χ4v) is 3.29. The van der Waals surface area contributed by atoms with Crippen molar-refractivity contribution in [2.75, 3.05) is 41.3 Å². The second kappa shape index (κ2) is 7.61. The molecular weight excluding hydrogens is 341 g/mol. The minimum absolute atomic E-state index is 0.202. The second-order valence-electron chi connectivity index (χ2n) is 6.65. The second-order valence-corrected chi connectivity index (χ2v) is 6.65. The molecule has 6 heteroatoms. The van der Waals surface area contributed by atoms with Crippen LogP contribution in [0.25, 0.3) is 0 Å². The summed E-state index contributed by atoms with van der Waals surface area (Å²) >= 11 is 0. The van der Waals surface area contributed by atoms with Gasteiger partial charge in [0, 0.05) is 43.6 Å². The Balaban J connectivity index is 1.43. The molecule has 138 valence electrons. The first-order chi connectivity index (χ1) is 13.2. The molecule has 0 aliphatic carbocycles. The molecule has 1 aliphatic heterocycles.